The second-order valence-electron chi connectivity index (χ2n) is 16.9. The third-order valence-corrected chi connectivity index (χ3v) is 8.71. The van der Waals surface area contributed by atoms with E-state index in [9.17, 15) is 228 Å². The van der Waals surface area contributed by atoms with Crippen molar-refractivity contribution in [1.29, 1.82) is 0 Å². The number of ketones is 6. The molecule has 2 radical (unpaired) electrons. The molecule has 0 aliphatic heterocycles. The van der Waals surface area contributed by atoms with E-state index in [-0.39, 0.29) is 87.8 Å². The predicted molar refractivity (Wildman–Crippen MR) is 241 cm³/mol. The van der Waals surface area contributed by atoms with Crippen LogP contribution in [0.15, 0.2) is 132 Å². The number of hydrogen-bond acceptors (Lipinski definition) is 14. The number of aromatic amines is 2. The van der Waals surface area contributed by atoms with Crippen LogP contribution in [0.1, 0.15) is 11.4 Å². The van der Waals surface area contributed by atoms with Crippen molar-refractivity contribution in [1.82, 2.24) is 0 Å². The van der Waals surface area contributed by atoms with Gasteiger partial charge in [0.1, 0.15) is 0 Å². The minimum atomic E-state index is -5.46. The average Bonchev–Trinajstić information content (AvgIpc) is 0.838. The third-order valence-electron chi connectivity index (χ3n) is 8.71. The number of pyridine rings is 2. The molecule has 0 aliphatic rings. The Kier molecular flexibility index (Phi) is 43.0. The number of allylic oxidation sites excluding steroid dienone is 12. The van der Waals surface area contributed by atoms with Gasteiger partial charge < -0.3 is 40.9 Å². The van der Waals surface area contributed by atoms with Crippen molar-refractivity contribution in [2.75, 3.05) is 0 Å². The molecule has 0 saturated carbocycles. The SMILES string of the molecule is Cc1ccc2cccc([O-])c2[nH+]1.Cc1ccc2cccc([O-])c2[nH+]1.O=C(/C=C(\[O-])C(F)(F)F)C(F)(F)F.O=C(/C=C(\[O-])C(F)(F)F)C(F)(F)F.O=C(/C=C(\[O-])C(F)(F)F)C(F)(F)F.O=C(/C=C(\[O-])C(F)(F)F)C(F)(F)F.O=C(/C=C(\[O-])C(F)(F)F)C(F)(F)F.O=C(/C=C(\[O-])C(F)(F)F)C(F)(F)F.[Dy+3].[Dy+3]. The van der Waals surface area contributed by atoms with Crippen molar-refractivity contribution in [3.63, 3.8) is 0 Å². The van der Waals surface area contributed by atoms with E-state index in [0.29, 0.717) is 11.0 Å². The summed E-state index contributed by atoms with van der Waals surface area (Å²) in [6.45, 7) is 3.87. The first-order valence-corrected chi connectivity index (χ1v) is 23.4. The second kappa shape index (κ2) is 41.7. The molecule has 4 rings (SSSR count). The maximum atomic E-state index is 11.3. The van der Waals surface area contributed by atoms with E-state index < -0.39 is 180 Å². The molecular formula is C50H24Dy2F36N2O14. The van der Waals surface area contributed by atoms with Crippen LogP contribution in [0.2, 0.25) is 0 Å². The molecule has 0 amide bonds. The van der Waals surface area contributed by atoms with Crippen LogP contribution in [0.25, 0.3) is 21.8 Å². The minimum absolute atomic E-state index is 0. The van der Waals surface area contributed by atoms with Gasteiger partial charge in [0, 0.05) is 36.8 Å². The van der Waals surface area contributed by atoms with Gasteiger partial charge in [-0.3, -0.25) is 28.8 Å². The first-order chi connectivity index (χ1) is 44.8. The molecule has 2 heterocycles. The van der Waals surface area contributed by atoms with E-state index >= 15 is 0 Å². The summed E-state index contributed by atoms with van der Waals surface area (Å²) in [5, 5.41) is 83.5. The molecule has 2 aromatic carbocycles. The van der Waals surface area contributed by atoms with Crippen molar-refractivity contribution in [3.05, 3.63) is 143 Å². The fourth-order valence-corrected chi connectivity index (χ4v) is 4.25. The zero-order chi connectivity index (χ0) is 82.3. The van der Waals surface area contributed by atoms with Crippen molar-refractivity contribution in [3.8, 4) is 11.5 Å². The zero-order valence-electron chi connectivity index (χ0n) is 48.2. The number of carbonyl (C=O) groups excluding carboxylic acids is 6. The van der Waals surface area contributed by atoms with Gasteiger partial charge in [-0.15, -0.1) is 0 Å². The van der Waals surface area contributed by atoms with Crippen LogP contribution in [0.3, 0.4) is 0 Å². The van der Waals surface area contributed by atoms with Crippen LogP contribution in [0, 0.1) is 90.2 Å². The number of benzene rings is 2. The molecule has 54 heteroatoms. The van der Waals surface area contributed by atoms with Gasteiger partial charge in [-0.05, 0) is 107 Å². The zero-order valence-corrected chi connectivity index (χ0v) is 52.3. The molecule has 2 aromatic heterocycles. The number of aryl methyl sites for hydroxylation is 2. The minimum Gasteiger partial charge on any atom is -0.869 e. The molecule has 0 bridgehead atoms. The average molecular weight is 1890 g/mol. The third kappa shape index (κ3) is 45.4. The number of rotatable bonds is 6. The maximum absolute atomic E-state index is 11.3. The van der Waals surface area contributed by atoms with Crippen molar-refractivity contribution < 1.29 is 314 Å². The number of carbonyl (C=O) groups is 6. The smallest absolute Gasteiger partial charge is 0.869 e. The largest absolute Gasteiger partial charge is 3.00 e. The fourth-order valence-electron chi connectivity index (χ4n) is 4.25. The quantitative estimate of drug-likeness (QED) is 0.102. The molecule has 2 N–H and O–H groups in total. The Labute approximate surface area is 609 Å². The van der Waals surface area contributed by atoms with E-state index in [4.69, 9.17) is 0 Å². The Morgan fingerprint density at radius 3 is 0.529 bits per heavy atom. The van der Waals surface area contributed by atoms with E-state index in [1.54, 1.807) is 24.3 Å². The van der Waals surface area contributed by atoms with E-state index in [0.717, 1.165) is 22.2 Å². The predicted octanol–water partition coefficient (Wildman–Crippen LogP) is 7.62. The van der Waals surface area contributed by atoms with Crippen molar-refractivity contribution in [2.24, 2.45) is 0 Å². The van der Waals surface area contributed by atoms with Gasteiger partial charge in [0.2, 0.25) is 11.0 Å². The molecular weight excluding hydrogens is 1860 g/mol. The number of nitrogens with one attached hydrogen (secondary N) is 2. The first-order valence-electron chi connectivity index (χ1n) is 23.4. The summed E-state index contributed by atoms with van der Waals surface area (Å²) in [7, 11) is 0. The van der Waals surface area contributed by atoms with Crippen LogP contribution in [0.5, 0.6) is 11.5 Å². The van der Waals surface area contributed by atoms with Gasteiger partial charge >= 0.3 is 150 Å². The Hall–Kier alpha value is -7.85. The summed E-state index contributed by atoms with van der Waals surface area (Å²) in [5.41, 5.74) is 3.40. The van der Waals surface area contributed by atoms with Crippen molar-refractivity contribution in [2.45, 2.75) is 88.0 Å². The number of aromatic nitrogens is 2. The second-order valence-corrected chi connectivity index (χ2v) is 16.9. The Bertz CT molecular complexity index is 3220. The van der Waals surface area contributed by atoms with Crippen LogP contribution in [0.4, 0.5) is 158 Å². The fraction of sp³-hybridized carbons (Fsp3) is 0.280. The Morgan fingerprint density at radius 2 is 0.404 bits per heavy atom. The van der Waals surface area contributed by atoms with Crippen molar-refractivity contribution >= 4 is 56.5 Å². The molecule has 0 spiro atoms. The molecule has 0 aliphatic carbocycles. The van der Waals surface area contributed by atoms with E-state index in [1.807, 2.05) is 50.2 Å². The number of halogens is 36. The summed E-state index contributed by atoms with van der Waals surface area (Å²) in [5.74, 6) is -33.8. The monoisotopic (exact) mass is 1890 g/mol. The first kappa shape index (κ1) is 107. The van der Waals surface area contributed by atoms with Crippen LogP contribution < -0.4 is 50.8 Å². The normalized spacial score (nSPS) is 13.2. The summed E-state index contributed by atoms with van der Waals surface area (Å²) in [6.07, 6.45) is -71.7. The van der Waals surface area contributed by atoms with Gasteiger partial charge in [0.25, 0.3) is 34.7 Å². The molecule has 104 heavy (non-hydrogen) atoms. The van der Waals surface area contributed by atoms with Gasteiger partial charge in [-0.25, -0.2) is 9.97 Å². The number of alkyl halides is 36. The summed E-state index contributed by atoms with van der Waals surface area (Å²) < 4.78 is 407. The van der Waals surface area contributed by atoms with Gasteiger partial charge in [-0.2, -0.15) is 158 Å². The molecule has 0 atom stereocenters. The molecule has 0 saturated heterocycles. The van der Waals surface area contributed by atoms with Gasteiger partial charge in [0.15, 0.2) is 11.4 Å². The van der Waals surface area contributed by atoms with Gasteiger partial charge in [0.05, 0.1) is 0 Å². The molecule has 4 aromatic rings. The summed E-state index contributed by atoms with van der Waals surface area (Å²) in [4.78, 5) is 65.0. The molecule has 0 unspecified atom stereocenters. The number of fused-ring (bicyclic) bond motifs is 2. The molecule has 590 valence electrons. The van der Waals surface area contributed by atoms with Crippen LogP contribution >= 0.6 is 0 Å². The van der Waals surface area contributed by atoms with Crippen LogP contribution in [-0.4, -0.2) is 109 Å². The number of H-pyrrole nitrogens is 2. The van der Waals surface area contributed by atoms with Crippen LogP contribution in [-0.2, 0) is 28.8 Å². The standard InChI is InChI=1S/2C10H9NO.6C5H2F6O2.2Dy/c2*1-7-5-6-8-3-2-4-9(12)10(8)11-7;6*6-4(7,8)2(12)1-3(13)5(9,10)11;;/h2*2-6,12H,1H3;6*1,12H;;/q;;;;;;;;2*+3/p-6/b;;6*2-1-;;. The van der Waals surface area contributed by atoms with E-state index in [1.165, 1.54) is 0 Å². The maximum Gasteiger partial charge on any atom is 3.00 e. The van der Waals surface area contributed by atoms with Gasteiger partial charge in [-0.1, -0.05) is 24.3 Å². The molecule has 16 nitrogen and oxygen atoms in total. The summed E-state index contributed by atoms with van der Waals surface area (Å²) >= 11 is 0. The molecule has 0 fully saturated rings. The number of para-hydroxylation sites is 2. The number of hydrogen-bond donors (Lipinski definition) is 0. The summed E-state index contributed by atoms with van der Waals surface area (Å²) in [6, 6.07) is 18.3. The topological polar surface area (TPSA) is 315 Å². The van der Waals surface area contributed by atoms with E-state index in [2.05, 4.69) is 9.97 Å². The Balaban J connectivity index is -0.000000263. The Morgan fingerprint density at radius 1 is 0.260 bits per heavy atom.